The molecule has 0 rings (SSSR count). The Morgan fingerprint density at radius 2 is 2.00 bits per heavy atom. The number of hydrogen-bond acceptors (Lipinski definition) is 0. The second kappa shape index (κ2) is 3.28. The monoisotopic (exact) mass is 100 g/mol. The van der Waals surface area contributed by atoms with Gasteiger partial charge < -0.3 is 0 Å². The molecular formula is C5H12Si. The minimum atomic E-state index is -0.0105. The third-order valence-electron chi connectivity index (χ3n) is 0.612. The van der Waals surface area contributed by atoms with Gasteiger partial charge in [-0.3, -0.25) is 0 Å². The highest BCUT2D eigenvalue weighted by Gasteiger charge is 1.69. The molecule has 0 unspecified atom stereocenters. The summed E-state index contributed by atoms with van der Waals surface area (Å²) in [4.78, 5) is 0. The minimum absolute atomic E-state index is 0.0105. The van der Waals surface area contributed by atoms with E-state index in [1.54, 1.807) is 0 Å². The van der Waals surface area contributed by atoms with E-state index < -0.39 is 0 Å². The molecular weight excluding hydrogens is 88.1 g/mol. The van der Waals surface area contributed by atoms with Gasteiger partial charge in [-0.25, -0.2) is 0 Å². The highest BCUT2D eigenvalue weighted by Crippen LogP contribution is 1.66. The molecule has 0 aromatic heterocycles. The van der Waals surface area contributed by atoms with Crippen molar-refractivity contribution in [2.24, 2.45) is 0 Å². The molecule has 0 fully saturated rings. The third-order valence-corrected chi connectivity index (χ3v) is 1.84. The molecule has 0 atom stereocenters. The maximum absolute atomic E-state index is 2.39. The molecule has 0 aliphatic rings. The molecule has 0 saturated heterocycles. The topological polar surface area (TPSA) is 0 Å². The zero-order valence-corrected chi connectivity index (χ0v) is 5.78. The van der Waals surface area contributed by atoms with Gasteiger partial charge in [-0.2, -0.15) is 0 Å². The molecule has 1 heteroatoms. The van der Waals surface area contributed by atoms with E-state index in [2.05, 4.69) is 25.7 Å². The summed E-state index contributed by atoms with van der Waals surface area (Å²) in [5.41, 5.74) is 2.39. The summed E-state index contributed by atoms with van der Waals surface area (Å²) in [6.45, 7) is 6.79. The van der Waals surface area contributed by atoms with E-state index in [0.717, 1.165) is 0 Å². The van der Waals surface area contributed by atoms with Gasteiger partial charge in [0, 0.05) is 0 Å². The van der Waals surface area contributed by atoms with E-state index in [4.69, 9.17) is 0 Å². The van der Waals surface area contributed by atoms with Crippen molar-refractivity contribution in [3.8, 4) is 0 Å². The van der Waals surface area contributed by atoms with E-state index in [1.165, 1.54) is 6.42 Å². The standard InChI is InChI=1S/C5H12Si/c1-4-5-6(2)3/h5H,4H2,1-3H3. The van der Waals surface area contributed by atoms with Gasteiger partial charge in [0.05, 0.1) is 0 Å². The SMILES string of the molecule is CCC=[Si](C)C. The van der Waals surface area contributed by atoms with Crippen LogP contribution in [-0.4, -0.2) is 14.1 Å². The van der Waals surface area contributed by atoms with Gasteiger partial charge in [0.15, 0.2) is 0 Å². The molecule has 0 bridgehead atoms. The Morgan fingerprint density at radius 1 is 1.50 bits per heavy atom. The van der Waals surface area contributed by atoms with Crippen LogP contribution in [0.2, 0.25) is 13.1 Å². The van der Waals surface area contributed by atoms with Crippen molar-refractivity contribution in [1.29, 1.82) is 0 Å². The minimum Gasteiger partial charge on any atom is -0.104 e. The lowest BCUT2D eigenvalue weighted by molar-refractivity contribution is 1.35. The lowest BCUT2D eigenvalue weighted by Gasteiger charge is -1.78. The molecule has 0 aliphatic carbocycles. The van der Waals surface area contributed by atoms with Gasteiger partial charge in [0.2, 0.25) is 0 Å². The van der Waals surface area contributed by atoms with Crippen molar-refractivity contribution in [2.75, 3.05) is 0 Å². The molecule has 0 aromatic carbocycles. The van der Waals surface area contributed by atoms with Gasteiger partial charge in [-0.1, -0.05) is 20.0 Å². The summed E-state index contributed by atoms with van der Waals surface area (Å²) < 4.78 is 0. The van der Waals surface area contributed by atoms with Crippen LogP contribution in [-0.2, 0) is 0 Å². The third kappa shape index (κ3) is 4.09. The van der Waals surface area contributed by atoms with Crippen LogP contribution in [0, 0.1) is 0 Å². The van der Waals surface area contributed by atoms with Crippen molar-refractivity contribution in [2.45, 2.75) is 26.4 Å². The van der Waals surface area contributed by atoms with E-state index in [1.807, 2.05) is 0 Å². The molecule has 0 amide bonds. The van der Waals surface area contributed by atoms with Gasteiger partial charge >= 0.3 is 0 Å². The van der Waals surface area contributed by atoms with Crippen LogP contribution in [0.5, 0.6) is 0 Å². The van der Waals surface area contributed by atoms with Crippen LogP contribution in [0.15, 0.2) is 0 Å². The highest BCUT2D eigenvalue weighted by atomic mass is 28.2. The number of rotatable bonds is 1. The van der Waals surface area contributed by atoms with Gasteiger partial charge in [-0.05, 0) is 14.8 Å². The van der Waals surface area contributed by atoms with Crippen LogP contribution in [0.25, 0.3) is 0 Å². The van der Waals surface area contributed by atoms with E-state index in [9.17, 15) is 0 Å². The quantitative estimate of drug-likeness (QED) is 0.438. The van der Waals surface area contributed by atoms with Gasteiger partial charge in [0.1, 0.15) is 0 Å². The average Bonchev–Trinajstić information content (AvgIpc) is 1.35. The Labute approximate surface area is 41.4 Å². The molecule has 36 valence electrons. The zero-order valence-electron chi connectivity index (χ0n) is 4.78. The van der Waals surface area contributed by atoms with E-state index >= 15 is 0 Å². The van der Waals surface area contributed by atoms with Gasteiger partial charge in [0.25, 0.3) is 0 Å². The van der Waals surface area contributed by atoms with Crippen LogP contribution in [0.3, 0.4) is 0 Å². The lowest BCUT2D eigenvalue weighted by atomic mass is 10.6. The fourth-order valence-corrected chi connectivity index (χ4v) is 1.22. The summed E-state index contributed by atoms with van der Waals surface area (Å²) in [7, 11) is -0.0105. The molecule has 6 heavy (non-hydrogen) atoms. The summed E-state index contributed by atoms with van der Waals surface area (Å²) in [5, 5.41) is 0. The highest BCUT2D eigenvalue weighted by molar-refractivity contribution is 6.63. The average molecular weight is 100 g/mol. The first kappa shape index (κ1) is 6.09. The van der Waals surface area contributed by atoms with Crippen LogP contribution >= 0.6 is 0 Å². The summed E-state index contributed by atoms with van der Waals surface area (Å²) in [6, 6.07) is 0. The molecule has 0 radical (unpaired) electrons. The fraction of sp³-hybridized carbons (Fsp3) is 0.800. The number of hydrogen-bond donors (Lipinski definition) is 0. The molecule has 0 aromatic rings. The van der Waals surface area contributed by atoms with E-state index in [-0.39, 0.29) is 8.41 Å². The van der Waals surface area contributed by atoms with Crippen LogP contribution in [0.1, 0.15) is 13.3 Å². The van der Waals surface area contributed by atoms with Gasteiger partial charge in [-0.15, -0.1) is 5.67 Å². The maximum atomic E-state index is 2.39. The van der Waals surface area contributed by atoms with Crippen molar-refractivity contribution in [3.63, 3.8) is 0 Å². The van der Waals surface area contributed by atoms with Crippen LogP contribution in [0.4, 0.5) is 0 Å². The van der Waals surface area contributed by atoms with E-state index in [0.29, 0.717) is 0 Å². The predicted molar refractivity (Wildman–Crippen MR) is 33.8 cm³/mol. The fourth-order valence-electron chi connectivity index (χ4n) is 0.408. The van der Waals surface area contributed by atoms with Crippen molar-refractivity contribution < 1.29 is 0 Å². The first-order valence-corrected chi connectivity index (χ1v) is 4.98. The molecule has 0 spiro atoms. The Balaban J connectivity index is 3.14. The van der Waals surface area contributed by atoms with Crippen molar-refractivity contribution in [3.05, 3.63) is 0 Å². The second-order valence-electron chi connectivity index (χ2n) is 1.69. The Kier molecular flexibility index (Phi) is 3.33. The summed E-state index contributed by atoms with van der Waals surface area (Å²) in [5.74, 6) is 0. The van der Waals surface area contributed by atoms with Crippen molar-refractivity contribution >= 4 is 14.1 Å². The zero-order chi connectivity index (χ0) is 4.99. The second-order valence-corrected chi connectivity index (χ2v) is 4.25. The maximum Gasteiger partial charge on any atom is -0.00134 e. The smallest absolute Gasteiger partial charge is 0.00134 e. The predicted octanol–water partition coefficient (Wildman–Crippen LogP) is 1.53. The lowest BCUT2D eigenvalue weighted by Crippen LogP contribution is -1.87. The Morgan fingerprint density at radius 3 is 2.00 bits per heavy atom. The Hall–Kier alpha value is 0.0869. The largest absolute Gasteiger partial charge is 0.104 e. The molecule has 0 saturated carbocycles. The first-order chi connectivity index (χ1) is 2.77. The first-order valence-electron chi connectivity index (χ1n) is 2.40. The van der Waals surface area contributed by atoms with Crippen LogP contribution < -0.4 is 0 Å². The molecule has 0 N–H and O–H groups in total. The molecule has 0 heterocycles. The normalized spacial score (nSPS) is 7.83. The molecule has 0 nitrogen and oxygen atoms in total. The Bertz CT molecular complexity index is 51.0. The summed E-state index contributed by atoms with van der Waals surface area (Å²) in [6.07, 6.45) is 1.25. The summed E-state index contributed by atoms with van der Waals surface area (Å²) >= 11 is 0. The molecule has 0 aliphatic heterocycles. The van der Waals surface area contributed by atoms with Crippen molar-refractivity contribution in [1.82, 2.24) is 0 Å².